The zero-order chi connectivity index (χ0) is 15.7. The van der Waals surface area contributed by atoms with Crippen molar-refractivity contribution in [1.82, 2.24) is 0 Å². The molecule has 0 aliphatic carbocycles. The molecule has 0 amide bonds. The highest BCUT2D eigenvalue weighted by molar-refractivity contribution is 5.13. The van der Waals surface area contributed by atoms with Crippen molar-refractivity contribution in [2.45, 2.75) is 45.5 Å². The van der Waals surface area contributed by atoms with Gasteiger partial charge < -0.3 is 20.1 Å². The maximum atomic E-state index is 10.3. The molecule has 4 heteroatoms. The van der Waals surface area contributed by atoms with Gasteiger partial charge in [0.15, 0.2) is 0 Å². The predicted molar refractivity (Wildman–Crippen MR) is 82.8 cm³/mol. The summed E-state index contributed by atoms with van der Waals surface area (Å²) < 4.78 is 5.63. The highest BCUT2D eigenvalue weighted by Crippen LogP contribution is 2.20. The van der Waals surface area contributed by atoms with Crippen LogP contribution in [-0.4, -0.2) is 40.7 Å². The fraction of sp³-hybridized carbons (Fsp3) is 0.647. The normalized spacial score (nSPS) is 17.2. The first kappa shape index (κ1) is 18.1. The Hall–Kier alpha value is -0.940. The first-order valence-electron chi connectivity index (χ1n) is 7.65. The fourth-order valence-electron chi connectivity index (χ4n) is 2.34. The lowest BCUT2D eigenvalue weighted by Gasteiger charge is -2.28. The molecule has 4 atom stereocenters. The zero-order valence-corrected chi connectivity index (χ0v) is 13.0. The van der Waals surface area contributed by atoms with Gasteiger partial charge in [0.05, 0.1) is 25.4 Å². The molecule has 0 spiro atoms. The van der Waals surface area contributed by atoms with Gasteiger partial charge in [0, 0.05) is 18.4 Å². The first-order chi connectivity index (χ1) is 10.1. The van der Waals surface area contributed by atoms with Gasteiger partial charge in [-0.1, -0.05) is 44.2 Å². The van der Waals surface area contributed by atoms with Crippen molar-refractivity contribution >= 4 is 0 Å². The second kappa shape index (κ2) is 9.90. The summed E-state index contributed by atoms with van der Waals surface area (Å²) in [6.07, 6.45) is -0.151. The Morgan fingerprint density at radius 2 is 1.76 bits per heavy atom. The third-order valence-electron chi connectivity index (χ3n) is 3.88. The van der Waals surface area contributed by atoms with E-state index >= 15 is 0 Å². The molecule has 3 N–H and O–H groups in total. The smallest absolute Gasteiger partial charge is 0.0717 e. The molecule has 0 unspecified atom stereocenters. The first-order valence-corrected chi connectivity index (χ1v) is 7.65. The van der Waals surface area contributed by atoms with Gasteiger partial charge in [-0.2, -0.15) is 0 Å². The lowest BCUT2D eigenvalue weighted by atomic mass is 9.88. The number of ether oxygens (including phenoxy) is 1. The Labute approximate surface area is 127 Å². The van der Waals surface area contributed by atoms with Crippen molar-refractivity contribution in [3.63, 3.8) is 0 Å². The van der Waals surface area contributed by atoms with Gasteiger partial charge in [0.2, 0.25) is 0 Å². The molecular formula is C17H28O4. The third kappa shape index (κ3) is 6.57. The van der Waals surface area contributed by atoms with Crippen LogP contribution in [0.1, 0.15) is 32.3 Å². The second-order valence-corrected chi connectivity index (χ2v) is 5.76. The average molecular weight is 296 g/mol. The van der Waals surface area contributed by atoms with Crippen LogP contribution in [0.3, 0.4) is 0 Å². The molecule has 1 aromatic rings. The van der Waals surface area contributed by atoms with E-state index in [4.69, 9.17) is 9.84 Å². The van der Waals surface area contributed by atoms with Gasteiger partial charge in [-0.25, -0.2) is 0 Å². The summed E-state index contributed by atoms with van der Waals surface area (Å²) in [5.41, 5.74) is 1.11. The minimum atomic E-state index is -0.616. The van der Waals surface area contributed by atoms with E-state index in [9.17, 15) is 10.2 Å². The number of rotatable bonds is 10. The molecule has 4 nitrogen and oxygen atoms in total. The molecule has 1 aromatic carbocycles. The predicted octanol–water partition coefficient (Wildman–Crippen LogP) is 1.97. The standard InChI is InChI=1S/C17H28O4/c1-13(11-21-12-15-7-4-3-5-8-15)17(20)14(2)16(19)9-6-10-18/h3-5,7-8,13-14,16-20H,6,9-12H2,1-2H3/t13-,14-,16-,17+/m1/s1. The number of aliphatic hydroxyl groups is 3. The molecule has 0 bridgehead atoms. The van der Waals surface area contributed by atoms with Crippen molar-refractivity contribution in [2.75, 3.05) is 13.2 Å². The van der Waals surface area contributed by atoms with Crippen LogP contribution in [-0.2, 0) is 11.3 Å². The largest absolute Gasteiger partial charge is 0.396 e. The van der Waals surface area contributed by atoms with Crippen LogP contribution in [0.15, 0.2) is 30.3 Å². The highest BCUT2D eigenvalue weighted by Gasteiger charge is 2.26. The van der Waals surface area contributed by atoms with E-state index in [1.165, 1.54) is 0 Å². The summed E-state index contributed by atoms with van der Waals surface area (Å²) in [5, 5.41) is 29.0. The molecule has 1 rings (SSSR count). The maximum absolute atomic E-state index is 10.3. The Morgan fingerprint density at radius 3 is 2.38 bits per heavy atom. The Balaban J connectivity index is 2.31. The Kier molecular flexibility index (Phi) is 8.54. The van der Waals surface area contributed by atoms with Crippen molar-refractivity contribution < 1.29 is 20.1 Å². The maximum Gasteiger partial charge on any atom is 0.0717 e. The summed E-state index contributed by atoms with van der Waals surface area (Å²) in [7, 11) is 0. The van der Waals surface area contributed by atoms with E-state index < -0.39 is 12.2 Å². The van der Waals surface area contributed by atoms with E-state index in [0.717, 1.165) is 5.56 Å². The molecule has 0 aliphatic rings. The summed E-state index contributed by atoms with van der Waals surface area (Å²) in [5.74, 6) is -0.278. The van der Waals surface area contributed by atoms with Crippen LogP contribution < -0.4 is 0 Å². The third-order valence-corrected chi connectivity index (χ3v) is 3.88. The van der Waals surface area contributed by atoms with Gasteiger partial charge >= 0.3 is 0 Å². The zero-order valence-electron chi connectivity index (χ0n) is 13.0. The monoisotopic (exact) mass is 296 g/mol. The fourth-order valence-corrected chi connectivity index (χ4v) is 2.34. The average Bonchev–Trinajstić information content (AvgIpc) is 2.52. The van der Waals surface area contributed by atoms with Crippen molar-refractivity contribution in [3.8, 4) is 0 Å². The lowest BCUT2D eigenvalue weighted by molar-refractivity contribution is -0.0374. The summed E-state index contributed by atoms with van der Waals surface area (Å²) in [6, 6.07) is 9.91. The van der Waals surface area contributed by atoms with Crippen molar-refractivity contribution in [2.24, 2.45) is 11.8 Å². The van der Waals surface area contributed by atoms with E-state index in [1.807, 2.05) is 44.2 Å². The number of benzene rings is 1. The van der Waals surface area contributed by atoms with E-state index in [0.29, 0.717) is 26.1 Å². The molecule has 120 valence electrons. The number of aliphatic hydroxyl groups excluding tert-OH is 3. The Bertz CT molecular complexity index is 368. The van der Waals surface area contributed by atoms with Gasteiger partial charge in [0.25, 0.3) is 0 Å². The van der Waals surface area contributed by atoms with E-state index in [-0.39, 0.29) is 18.4 Å². The van der Waals surface area contributed by atoms with Gasteiger partial charge in [0.1, 0.15) is 0 Å². The van der Waals surface area contributed by atoms with Crippen LogP contribution in [0.4, 0.5) is 0 Å². The summed E-state index contributed by atoms with van der Waals surface area (Å²) in [6.45, 7) is 4.80. The molecule has 0 saturated carbocycles. The molecule has 0 aliphatic heterocycles. The molecule has 0 heterocycles. The Morgan fingerprint density at radius 1 is 1.10 bits per heavy atom. The molecular weight excluding hydrogens is 268 g/mol. The lowest BCUT2D eigenvalue weighted by Crippen LogP contribution is -2.36. The van der Waals surface area contributed by atoms with E-state index in [1.54, 1.807) is 0 Å². The van der Waals surface area contributed by atoms with Gasteiger partial charge in [-0.3, -0.25) is 0 Å². The SMILES string of the molecule is C[C@@H]([C@@H](O)[C@H](C)COCc1ccccc1)[C@H](O)CCCO. The van der Waals surface area contributed by atoms with Crippen LogP contribution in [0.5, 0.6) is 0 Å². The second-order valence-electron chi connectivity index (χ2n) is 5.76. The van der Waals surface area contributed by atoms with Crippen LogP contribution in [0.25, 0.3) is 0 Å². The summed E-state index contributed by atoms with van der Waals surface area (Å²) >= 11 is 0. The van der Waals surface area contributed by atoms with E-state index in [2.05, 4.69) is 0 Å². The minimum absolute atomic E-state index is 0.0486. The summed E-state index contributed by atoms with van der Waals surface area (Å²) in [4.78, 5) is 0. The molecule has 0 radical (unpaired) electrons. The van der Waals surface area contributed by atoms with Crippen molar-refractivity contribution in [1.29, 1.82) is 0 Å². The number of hydrogen-bond acceptors (Lipinski definition) is 4. The minimum Gasteiger partial charge on any atom is -0.396 e. The van der Waals surface area contributed by atoms with Crippen LogP contribution in [0.2, 0.25) is 0 Å². The number of hydrogen-bond donors (Lipinski definition) is 3. The molecule has 0 aromatic heterocycles. The quantitative estimate of drug-likeness (QED) is 0.617. The van der Waals surface area contributed by atoms with Crippen LogP contribution >= 0.6 is 0 Å². The molecule has 0 fully saturated rings. The van der Waals surface area contributed by atoms with Gasteiger partial charge in [-0.15, -0.1) is 0 Å². The molecule has 0 saturated heterocycles. The van der Waals surface area contributed by atoms with Gasteiger partial charge in [-0.05, 0) is 18.4 Å². The highest BCUT2D eigenvalue weighted by atomic mass is 16.5. The van der Waals surface area contributed by atoms with Crippen LogP contribution in [0, 0.1) is 11.8 Å². The van der Waals surface area contributed by atoms with Crippen molar-refractivity contribution in [3.05, 3.63) is 35.9 Å². The topological polar surface area (TPSA) is 69.9 Å². The molecule has 21 heavy (non-hydrogen) atoms.